The number of carbonyl (C=O) groups excluding carboxylic acids is 3. The molecule has 2 fully saturated rings. The van der Waals surface area contributed by atoms with E-state index in [2.05, 4.69) is 17.0 Å². The summed E-state index contributed by atoms with van der Waals surface area (Å²) in [4.78, 5) is 44.5. The number of rotatable bonds is 5. The van der Waals surface area contributed by atoms with Crippen LogP contribution in [0.25, 0.3) is 5.65 Å². The van der Waals surface area contributed by atoms with Crippen molar-refractivity contribution in [3.63, 3.8) is 0 Å². The largest absolute Gasteiger partial charge is 0.468 e. The van der Waals surface area contributed by atoms with Crippen LogP contribution in [0.5, 0.6) is 0 Å². The van der Waals surface area contributed by atoms with Crippen molar-refractivity contribution in [2.24, 2.45) is 23.0 Å². The van der Waals surface area contributed by atoms with Crippen LogP contribution in [0.15, 0.2) is 18.3 Å². The van der Waals surface area contributed by atoms with Crippen molar-refractivity contribution < 1.29 is 23.9 Å². The van der Waals surface area contributed by atoms with Crippen LogP contribution in [0.3, 0.4) is 0 Å². The Balaban J connectivity index is 1.56. The molecule has 0 aromatic carbocycles. The van der Waals surface area contributed by atoms with Crippen molar-refractivity contribution in [3.05, 3.63) is 29.7 Å². The number of esters is 1. The fraction of sp³-hybridized carbons (Fsp3) is 0.654. The Hall–Kier alpha value is -3.01. The summed E-state index contributed by atoms with van der Waals surface area (Å²) in [6.45, 7) is 7.50. The summed E-state index contributed by atoms with van der Waals surface area (Å²) in [7, 11) is 1.24. The molecule has 2 aromatic heterocycles. The van der Waals surface area contributed by atoms with Crippen molar-refractivity contribution in [1.29, 1.82) is 0 Å². The summed E-state index contributed by atoms with van der Waals surface area (Å²) in [6, 6.07) is 3.38. The van der Waals surface area contributed by atoms with Gasteiger partial charge in [-0.1, -0.05) is 19.8 Å². The fourth-order valence-electron chi connectivity index (χ4n) is 5.27. The third kappa shape index (κ3) is 5.09. The van der Waals surface area contributed by atoms with E-state index in [0.717, 1.165) is 29.4 Å². The molecule has 2 aliphatic rings. The first-order valence-corrected chi connectivity index (χ1v) is 12.7. The topological polar surface area (TPSA) is 129 Å². The van der Waals surface area contributed by atoms with Crippen LogP contribution in [0.4, 0.5) is 4.79 Å². The monoisotopic (exact) mass is 499 g/mol. The Bertz CT molecular complexity index is 1150. The maximum absolute atomic E-state index is 13.4. The molecule has 2 amide bonds. The number of amides is 2. The number of ether oxygens (including phenoxy) is 2. The zero-order valence-corrected chi connectivity index (χ0v) is 21.8. The molecule has 2 atom stereocenters. The van der Waals surface area contributed by atoms with Gasteiger partial charge >= 0.3 is 12.1 Å². The van der Waals surface area contributed by atoms with Crippen LogP contribution in [0, 0.1) is 17.3 Å². The van der Waals surface area contributed by atoms with Crippen molar-refractivity contribution in [3.8, 4) is 0 Å². The molecule has 10 heteroatoms. The highest BCUT2D eigenvalue weighted by Gasteiger charge is 2.56. The van der Waals surface area contributed by atoms with E-state index < -0.39 is 29.0 Å². The van der Waals surface area contributed by atoms with E-state index in [9.17, 15) is 14.4 Å². The average molecular weight is 500 g/mol. The highest BCUT2D eigenvalue weighted by molar-refractivity contribution is 6.09. The van der Waals surface area contributed by atoms with Crippen LogP contribution in [-0.4, -0.2) is 56.7 Å². The van der Waals surface area contributed by atoms with E-state index in [1.165, 1.54) is 20.0 Å². The number of likely N-dealkylation sites (tertiary alicyclic amines) is 1. The Morgan fingerprint density at radius 1 is 1.22 bits per heavy atom. The molecule has 2 aromatic rings. The molecule has 1 saturated carbocycles. The second kappa shape index (κ2) is 9.80. The zero-order chi connectivity index (χ0) is 26.3. The molecule has 10 nitrogen and oxygen atoms in total. The number of methoxy groups -OCH3 is 1. The minimum atomic E-state index is -1.55. The number of imidazole rings is 1. The number of carbonyl (C=O) groups is 3. The number of imide groups is 1. The second-order valence-electron chi connectivity index (χ2n) is 11.3. The van der Waals surface area contributed by atoms with Crippen LogP contribution in [-0.2, 0) is 25.5 Å². The standard InChI is InChI=1S/C26H37N5O5/c1-16-6-8-17(9-7-16)21(27)19-15-31-20(28-19)11-10-18(29-31)14-26(23(33)35-5)12-13-30(22(26)32)24(34)36-25(2,3)4/h10-11,15-17,21H,6-9,12-14,27H2,1-5H3/t16?,17?,21-,26?/m0/s1. The lowest BCUT2D eigenvalue weighted by Gasteiger charge is -2.29. The minimum Gasteiger partial charge on any atom is -0.468 e. The van der Waals surface area contributed by atoms with Gasteiger partial charge in [-0.2, -0.15) is 5.10 Å². The third-order valence-corrected chi connectivity index (χ3v) is 7.39. The van der Waals surface area contributed by atoms with Gasteiger partial charge in [-0.15, -0.1) is 0 Å². The van der Waals surface area contributed by atoms with Crippen molar-refractivity contribution in [1.82, 2.24) is 19.5 Å². The van der Waals surface area contributed by atoms with Gasteiger partial charge < -0.3 is 15.2 Å². The highest BCUT2D eigenvalue weighted by Crippen LogP contribution is 2.38. The van der Waals surface area contributed by atoms with Gasteiger partial charge in [0, 0.05) is 13.0 Å². The van der Waals surface area contributed by atoms with Crippen LogP contribution >= 0.6 is 0 Å². The Labute approximate surface area is 211 Å². The predicted octanol–water partition coefficient (Wildman–Crippen LogP) is 3.42. The van der Waals surface area contributed by atoms with E-state index in [4.69, 9.17) is 15.2 Å². The molecule has 4 rings (SSSR count). The number of nitrogens with zero attached hydrogens (tertiary/aromatic N) is 4. The van der Waals surface area contributed by atoms with Gasteiger partial charge in [-0.3, -0.25) is 9.59 Å². The molecule has 1 aliphatic carbocycles. The van der Waals surface area contributed by atoms with E-state index in [1.54, 1.807) is 37.4 Å². The summed E-state index contributed by atoms with van der Waals surface area (Å²) >= 11 is 0. The Kier molecular flexibility index (Phi) is 7.10. The number of fused-ring (bicyclic) bond motifs is 1. The lowest BCUT2D eigenvalue weighted by Crippen LogP contribution is -2.46. The van der Waals surface area contributed by atoms with Crippen LogP contribution < -0.4 is 5.73 Å². The predicted molar refractivity (Wildman–Crippen MR) is 132 cm³/mol. The smallest absolute Gasteiger partial charge is 0.417 e. The van der Waals surface area contributed by atoms with Gasteiger partial charge in [-0.25, -0.2) is 19.2 Å². The van der Waals surface area contributed by atoms with Gasteiger partial charge in [0.05, 0.1) is 30.7 Å². The maximum atomic E-state index is 13.4. The first kappa shape index (κ1) is 26.1. The van der Waals surface area contributed by atoms with Crippen LogP contribution in [0.1, 0.15) is 77.2 Å². The molecule has 0 radical (unpaired) electrons. The number of aromatic nitrogens is 3. The van der Waals surface area contributed by atoms with Gasteiger partial charge in [0.2, 0.25) is 5.91 Å². The first-order chi connectivity index (χ1) is 16.9. The maximum Gasteiger partial charge on any atom is 0.417 e. The summed E-state index contributed by atoms with van der Waals surface area (Å²) in [5.74, 6) is -0.195. The number of nitrogens with two attached hydrogens (primary N) is 1. The molecular weight excluding hydrogens is 462 g/mol. The van der Waals surface area contributed by atoms with E-state index in [0.29, 0.717) is 17.3 Å². The van der Waals surface area contributed by atoms with Crippen molar-refractivity contribution >= 4 is 23.6 Å². The quantitative estimate of drug-likeness (QED) is 0.489. The molecule has 196 valence electrons. The highest BCUT2D eigenvalue weighted by atomic mass is 16.6. The molecule has 0 bridgehead atoms. The Morgan fingerprint density at radius 3 is 2.56 bits per heavy atom. The zero-order valence-electron chi connectivity index (χ0n) is 21.8. The molecule has 2 N–H and O–H groups in total. The van der Waals surface area contributed by atoms with Gasteiger partial charge in [-0.05, 0) is 64.0 Å². The molecule has 36 heavy (non-hydrogen) atoms. The number of hydrogen-bond donors (Lipinski definition) is 1. The molecule has 1 unspecified atom stereocenters. The molecule has 1 aliphatic heterocycles. The van der Waals surface area contributed by atoms with E-state index in [-0.39, 0.29) is 25.4 Å². The van der Waals surface area contributed by atoms with Crippen molar-refractivity contribution in [2.45, 2.75) is 77.9 Å². The molecule has 3 heterocycles. The summed E-state index contributed by atoms with van der Waals surface area (Å²) in [5, 5.41) is 4.63. The SMILES string of the molecule is COC(=O)C1(Cc2ccc3nc([C@@H](N)C4CCC(C)CC4)cn3n2)CCN(C(=O)OC(C)(C)C)C1=O. The third-order valence-electron chi connectivity index (χ3n) is 7.39. The van der Waals surface area contributed by atoms with Gasteiger partial charge in [0.25, 0.3) is 0 Å². The molecule has 1 saturated heterocycles. The fourth-order valence-corrected chi connectivity index (χ4v) is 5.27. The summed E-state index contributed by atoms with van der Waals surface area (Å²) < 4.78 is 12.0. The lowest BCUT2D eigenvalue weighted by molar-refractivity contribution is -0.158. The molecule has 0 spiro atoms. The van der Waals surface area contributed by atoms with E-state index >= 15 is 0 Å². The Morgan fingerprint density at radius 2 is 1.92 bits per heavy atom. The second-order valence-corrected chi connectivity index (χ2v) is 11.3. The normalized spacial score (nSPS) is 25.7. The lowest BCUT2D eigenvalue weighted by atomic mass is 9.79. The van der Waals surface area contributed by atoms with Gasteiger partial charge in [0.15, 0.2) is 11.1 Å². The minimum absolute atomic E-state index is 0.00613. The molecular formula is C26H37N5O5. The number of hydrogen-bond acceptors (Lipinski definition) is 8. The van der Waals surface area contributed by atoms with Crippen molar-refractivity contribution in [2.75, 3.05) is 13.7 Å². The average Bonchev–Trinajstić information content (AvgIpc) is 3.39. The van der Waals surface area contributed by atoms with Gasteiger partial charge in [0.1, 0.15) is 5.60 Å². The first-order valence-electron chi connectivity index (χ1n) is 12.7. The summed E-state index contributed by atoms with van der Waals surface area (Å²) in [6.07, 6.45) is 5.71. The van der Waals surface area contributed by atoms with Crippen LogP contribution in [0.2, 0.25) is 0 Å². The van der Waals surface area contributed by atoms with E-state index in [1.807, 2.05) is 6.20 Å². The summed E-state index contributed by atoms with van der Waals surface area (Å²) in [5.41, 5.74) is 6.20.